The number of imidazole rings is 1. The number of rotatable bonds is 6. The SMILES string of the molecule is COc1ccc(Br)c(C(=O)Nc2ccc(Nc3cc(-n4ccnc4)nc(C)n3)cc2)c1. The van der Waals surface area contributed by atoms with Gasteiger partial charge in [-0.3, -0.25) is 9.36 Å². The van der Waals surface area contributed by atoms with Gasteiger partial charge in [0.05, 0.1) is 12.7 Å². The molecule has 0 spiro atoms. The summed E-state index contributed by atoms with van der Waals surface area (Å²) >= 11 is 3.40. The van der Waals surface area contributed by atoms with E-state index in [-0.39, 0.29) is 5.91 Å². The maximum atomic E-state index is 12.6. The molecule has 2 N–H and O–H groups in total. The van der Waals surface area contributed by atoms with E-state index in [0.29, 0.717) is 33.1 Å². The lowest BCUT2D eigenvalue weighted by atomic mass is 10.2. The lowest BCUT2D eigenvalue weighted by Crippen LogP contribution is -2.12. The molecule has 4 rings (SSSR count). The van der Waals surface area contributed by atoms with Gasteiger partial charge in [-0.25, -0.2) is 15.0 Å². The maximum Gasteiger partial charge on any atom is 0.256 e. The van der Waals surface area contributed by atoms with Crippen LogP contribution in [-0.4, -0.2) is 32.5 Å². The quantitative estimate of drug-likeness (QED) is 0.415. The van der Waals surface area contributed by atoms with Crippen molar-refractivity contribution in [2.24, 2.45) is 0 Å². The summed E-state index contributed by atoms with van der Waals surface area (Å²) < 4.78 is 7.70. The van der Waals surface area contributed by atoms with Crippen molar-refractivity contribution in [3.8, 4) is 11.6 Å². The third-order valence-electron chi connectivity index (χ3n) is 4.43. The van der Waals surface area contributed by atoms with Crippen molar-refractivity contribution in [1.29, 1.82) is 0 Å². The van der Waals surface area contributed by atoms with Gasteiger partial charge in [0, 0.05) is 34.3 Å². The summed E-state index contributed by atoms with van der Waals surface area (Å²) in [6, 6.07) is 14.5. The number of benzene rings is 2. The molecule has 2 heterocycles. The van der Waals surface area contributed by atoms with Gasteiger partial charge in [0.25, 0.3) is 5.91 Å². The van der Waals surface area contributed by atoms with Crippen molar-refractivity contribution in [2.45, 2.75) is 6.92 Å². The number of nitrogens with zero attached hydrogens (tertiary/aromatic N) is 4. The van der Waals surface area contributed by atoms with E-state index in [4.69, 9.17) is 4.74 Å². The zero-order valence-corrected chi connectivity index (χ0v) is 18.4. The van der Waals surface area contributed by atoms with Crippen molar-refractivity contribution >= 4 is 39.0 Å². The Morgan fingerprint density at radius 1 is 1.06 bits per heavy atom. The Morgan fingerprint density at radius 3 is 2.55 bits per heavy atom. The van der Waals surface area contributed by atoms with Crippen LogP contribution in [0.1, 0.15) is 16.2 Å². The van der Waals surface area contributed by atoms with Crippen molar-refractivity contribution in [2.75, 3.05) is 17.7 Å². The molecular formula is C22H19BrN6O2. The van der Waals surface area contributed by atoms with Gasteiger partial charge in [-0.15, -0.1) is 0 Å². The molecule has 1 amide bonds. The van der Waals surface area contributed by atoms with Crippen LogP contribution in [0.5, 0.6) is 5.75 Å². The summed E-state index contributed by atoms with van der Waals surface area (Å²) in [6.07, 6.45) is 5.20. The highest BCUT2D eigenvalue weighted by molar-refractivity contribution is 9.10. The molecule has 31 heavy (non-hydrogen) atoms. The number of carbonyl (C=O) groups is 1. The number of aromatic nitrogens is 4. The fraction of sp³-hybridized carbons (Fsp3) is 0.0909. The molecule has 2 aromatic carbocycles. The molecule has 0 fully saturated rings. The zero-order valence-electron chi connectivity index (χ0n) is 16.8. The number of halogens is 1. The van der Waals surface area contributed by atoms with Crippen LogP contribution in [0.3, 0.4) is 0 Å². The van der Waals surface area contributed by atoms with E-state index in [1.54, 1.807) is 37.8 Å². The molecule has 0 unspecified atom stereocenters. The lowest BCUT2D eigenvalue weighted by molar-refractivity contribution is 0.102. The van der Waals surface area contributed by atoms with Crippen LogP contribution in [0.25, 0.3) is 5.82 Å². The van der Waals surface area contributed by atoms with E-state index in [0.717, 1.165) is 11.5 Å². The predicted molar refractivity (Wildman–Crippen MR) is 122 cm³/mol. The molecule has 0 aliphatic heterocycles. The second-order valence-corrected chi connectivity index (χ2v) is 7.49. The summed E-state index contributed by atoms with van der Waals surface area (Å²) in [5, 5.41) is 6.15. The summed E-state index contributed by atoms with van der Waals surface area (Å²) in [6.45, 7) is 1.83. The highest BCUT2D eigenvalue weighted by atomic mass is 79.9. The number of aryl methyl sites for hydroxylation is 1. The minimum atomic E-state index is -0.233. The number of ether oxygens (including phenoxy) is 1. The fourth-order valence-corrected chi connectivity index (χ4v) is 3.36. The summed E-state index contributed by atoms with van der Waals surface area (Å²) in [5.74, 6) is 2.40. The first kappa shape index (κ1) is 20.5. The average Bonchev–Trinajstić information content (AvgIpc) is 3.30. The van der Waals surface area contributed by atoms with Gasteiger partial charge in [-0.1, -0.05) is 0 Å². The molecule has 156 valence electrons. The molecule has 9 heteroatoms. The molecule has 0 aliphatic rings. The molecule has 0 atom stereocenters. The second kappa shape index (κ2) is 8.97. The number of methoxy groups -OCH3 is 1. The highest BCUT2D eigenvalue weighted by Crippen LogP contribution is 2.24. The van der Waals surface area contributed by atoms with Crippen molar-refractivity contribution in [3.05, 3.63) is 83.1 Å². The van der Waals surface area contributed by atoms with Gasteiger partial charge in [-0.2, -0.15) is 0 Å². The van der Waals surface area contributed by atoms with Crippen LogP contribution in [0.15, 0.2) is 71.7 Å². The van der Waals surface area contributed by atoms with Crippen molar-refractivity contribution in [1.82, 2.24) is 19.5 Å². The molecule has 0 saturated carbocycles. The molecule has 0 radical (unpaired) electrons. The first-order valence-corrected chi connectivity index (χ1v) is 10.2. The predicted octanol–water partition coefficient (Wildman–Crippen LogP) is 4.74. The van der Waals surface area contributed by atoms with Gasteiger partial charge in [0.2, 0.25) is 0 Å². The third-order valence-corrected chi connectivity index (χ3v) is 5.12. The van der Waals surface area contributed by atoms with E-state index in [1.165, 1.54) is 0 Å². The molecule has 0 saturated heterocycles. The maximum absolute atomic E-state index is 12.6. The Morgan fingerprint density at radius 2 is 1.84 bits per heavy atom. The first-order chi connectivity index (χ1) is 15.0. The van der Waals surface area contributed by atoms with E-state index in [1.807, 2.05) is 48.0 Å². The topological polar surface area (TPSA) is 94.0 Å². The number of nitrogens with one attached hydrogen (secondary N) is 2. The molecule has 4 aromatic rings. The molecule has 0 aliphatic carbocycles. The molecular weight excluding hydrogens is 460 g/mol. The standard InChI is InChI=1S/C22H19BrN6O2/c1-14-25-20(12-21(26-14)29-10-9-24-13-29)27-15-3-5-16(6-4-15)28-22(30)18-11-17(31-2)7-8-19(18)23/h3-13H,1-2H3,(H,28,30)(H,25,26,27). The van der Waals surface area contributed by atoms with Crippen LogP contribution in [0.4, 0.5) is 17.2 Å². The minimum absolute atomic E-state index is 0.233. The Hall–Kier alpha value is -3.72. The van der Waals surface area contributed by atoms with E-state index in [9.17, 15) is 4.79 Å². The van der Waals surface area contributed by atoms with Crippen molar-refractivity contribution < 1.29 is 9.53 Å². The molecule has 0 bridgehead atoms. The van der Waals surface area contributed by atoms with Crippen LogP contribution >= 0.6 is 15.9 Å². The summed E-state index contributed by atoms with van der Waals surface area (Å²) in [4.78, 5) is 25.5. The van der Waals surface area contributed by atoms with Crippen LogP contribution in [0.2, 0.25) is 0 Å². The minimum Gasteiger partial charge on any atom is -0.497 e. The zero-order chi connectivity index (χ0) is 21.8. The monoisotopic (exact) mass is 478 g/mol. The third kappa shape index (κ3) is 4.89. The second-order valence-electron chi connectivity index (χ2n) is 6.63. The average molecular weight is 479 g/mol. The fourth-order valence-electron chi connectivity index (χ4n) is 2.93. The first-order valence-electron chi connectivity index (χ1n) is 9.38. The Kier molecular flexibility index (Phi) is 5.94. The highest BCUT2D eigenvalue weighted by Gasteiger charge is 2.12. The Balaban J connectivity index is 1.47. The van der Waals surface area contributed by atoms with Crippen molar-refractivity contribution in [3.63, 3.8) is 0 Å². The Labute approximate surface area is 187 Å². The van der Waals surface area contributed by atoms with Gasteiger partial charge in [0.1, 0.15) is 29.5 Å². The molecule has 8 nitrogen and oxygen atoms in total. The van der Waals surface area contributed by atoms with E-state index < -0.39 is 0 Å². The Bertz CT molecular complexity index is 1210. The number of carbonyl (C=O) groups excluding carboxylic acids is 1. The van der Waals surface area contributed by atoms with Gasteiger partial charge < -0.3 is 15.4 Å². The van der Waals surface area contributed by atoms with Crippen LogP contribution in [-0.2, 0) is 0 Å². The smallest absolute Gasteiger partial charge is 0.256 e. The normalized spacial score (nSPS) is 10.5. The summed E-state index contributed by atoms with van der Waals surface area (Å²) in [7, 11) is 1.56. The number of amides is 1. The number of hydrogen-bond donors (Lipinski definition) is 2. The van der Waals surface area contributed by atoms with E-state index in [2.05, 4.69) is 41.5 Å². The van der Waals surface area contributed by atoms with Gasteiger partial charge >= 0.3 is 0 Å². The number of anilines is 3. The largest absolute Gasteiger partial charge is 0.497 e. The molecule has 2 aromatic heterocycles. The number of hydrogen-bond acceptors (Lipinski definition) is 6. The van der Waals surface area contributed by atoms with Crippen LogP contribution in [0, 0.1) is 6.92 Å². The van der Waals surface area contributed by atoms with Crippen LogP contribution < -0.4 is 15.4 Å². The summed E-state index contributed by atoms with van der Waals surface area (Å²) in [5.41, 5.74) is 1.99. The van der Waals surface area contributed by atoms with Gasteiger partial charge in [0.15, 0.2) is 0 Å². The van der Waals surface area contributed by atoms with E-state index >= 15 is 0 Å². The van der Waals surface area contributed by atoms with Gasteiger partial charge in [-0.05, 0) is 65.3 Å². The lowest BCUT2D eigenvalue weighted by Gasteiger charge is -2.11.